The Morgan fingerprint density at radius 1 is 0.862 bits per heavy atom. The lowest BCUT2D eigenvalue weighted by Gasteiger charge is -2.16. The molecule has 0 heterocycles. The summed E-state index contributed by atoms with van der Waals surface area (Å²) in [4.78, 5) is 24.2. The number of nitrogens with one attached hydrogen (secondary N) is 2. The van der Waals surface area contributed by atoms with Crippen LogP contribution in [0.5, 0.6) is 5.75 Å². The molecule has 0 radical (unpaired) electrons. The Kier molecular flexibility index (Phi) is 6.75. The van der Waals surface area contributed by atoms with Gasteiger partial charge >= 0.3 is 6.03 Å². The highest BCUT2D eigenvalue weighted by Gasteiger charge is 2.14. The second kappa shape index (κ2) is 9.45. The van der Waals surface area contributed by atoms with Gasteiger partial charge in [-0.25, -0.2) is 4.79 Å². The molecule has 148 valence electrons. The summed E-state index contributed by atoms with van der Waals surface area (Å²) in [5.41, 5.74) is 1.66. The summed E-state index contributed by atoms with van der Waals surface area (Å²) in [6, 6.07) is 20.2. The first kappa shape index (κ1) is 20.7. The Bertz CT molecular complexity index is 1020. The van der Waals surface area contributed by atoms with Crippen molar-refractivity contribution in [3.05, 3.63) is 94.0 Å². The number of hydrogen-bond acceptors (Lipinski definition) is 3. The van der Waals surface area contributed by atoms with E-state index in [0.717, 1.165) is 5.56 Å². The van der Waals surface area contributed by atoms with Gasteiger partial charge in [0.05, 0.1) is 15.6 Å². The number of urea groups is 1. The Morgan fingerprint density at radius 3 is 2.14 bits per heavy atom. The van der Waals surface area contributed by atoms with Crippen LogP contribution in [0.15, 0.2) is 72.8 Å². The van der Waals surface area contributed by atoms with Crippen LogP contribution < -0.4 is 15.4 Å². The number of ether oxygens (including phenoxy) is 1. The van der Waals surface area contributed by atoms with Crippen LogP contribution in [0.1, 0.15) is 28.9 Å². The Hall–Kier alpha value is -3.02. The molecule has 29 heavy (non-hydrogen) atoms. The number of hydrogen-bond donors (Lipinski definition) is 2. The first-order valence-electron chi connectivity index (χ1n) is 8.82. The molecule has 3 amide bonds. The second-order valence-electron chi connectivity index (χ2n) is 6.20. The molecule has 0 spiro atoms. The van der Waals surface area contributed by atoms with Crippen molar-refractivity contribution in [2.45, 2.75) is 13.0 Å². The first-order valence-corrected chi connectivity index (χ1v) is 9.57. The number of carbonyl (C=O) groups excluding carboxylic acids is 2. The Morgan fingerprint density at radius 2 is 1.48 bits per heavy atom. The SMILES string of the molecule is CC(Oc1ccccc1Cl)c1ccc(NC(=O)NC(=O)c2ccccc2Cl)cc1. The highest BCUT2D eigenvalue weighted by molar-refractivity contribution is 6.34. The van der Waals surface area contributed by atoms with Crippen molar-refractivity contribution in [2.75, 3.05) is 5.32 Å². The third-order valence-corrected chi connectivity index (χ3v) is 4.77. The molecule has 0 bridgehead atoms. The van der Waals surface area contributed by atoms with Crippen LogP contribution in [0, 0.1) is 0 Å². The third kappa shape index (κ3) is 5.50. The van der Waals surface area contributed by atoms with Crippen molar-refractivity contribution in [3.8, 4) is 5.75 Å². The zero-order valence-corrected chi connectivity index (χ0v) is 17.0. The molecule has 2 N–H and O–H groups in total. The largest absolute Gasteiger partial charge is 0.484 e. The maximum atomic E-state index is 12.1. The molecule has 1 atom stereocenters. The molecular weight excluding hydrogens is 411 g/mol. The molecule has 3 aromatic rings. The smallest absolute Gasteiger partial charge is 0.326 e. The van der Waals surface area contributed by atoms with Crippen molar-refractivity contribution >= 4 is 40.8 Å². The van der Waals surface area contributed by atoms with E-state index in [-0.39, 0.29) is 16.7 Å². The van der Waals surface area contributed by atoms with Crippen LogP contribution in [0.2, 0.25) is 10.0 Å². The van der Waals surface area contributed by atoms with E-state index in [9.17, 15) is 9.59 Å². The fraction of sp³-hybridized carbons (Fsp3) is 0.0909. The molecule has 0 aliphatic heterocycles. The second-order valence-corrected chi connectivity index (χ2v) is 7.02. The zero-order valence-electron chi connectivity index (χ0n) is 15.5. The Balaban J connectivity index is 1.58. The van der Waals surface area contributed by atoms with Crippen LogP contribution in [0.4, 0.5) is 10.5 Å². The van der Waals surface area contributed by atoms with Crippen LogP contribution in [0.25, 0.3) is 0 Å². The molecule has 0 fully saturated rings. The van der Waals surface area contributed by atoms with Gasteiger partial charge in [-0.3, -0.25) is 10.1 Å². The minimum absolute atomic E-state index is 0.227. The highest BCUT2D eigenvalue weighted by Crippen LogP contribution is 2.29. The van der Waals surface area contributed by atoms with Gasteiger partial charge in [-0.2, -0.15) is 0 Å². The van der Waals surface area contributed by atoms with Crippen molar-refractivity contribution in [1.29, 1.82) is 0 Å². The highest BCUT2D eigenvalue weighted by atomic mass is 35.5. The summed E-state index contributed by atoms with van der Waals surface area (Å²) < 4.78 is 5.88. The number of amides is 3. The maximum absolute atomic E-state index is 12.1. The number of imide groups is 1. The standard InChI is InChI=1S/C22H18Cl2N2O3/c1-14(29-20-9-5-4-8-19(20)24)15-10-12-16(13-11-15)25-22(28)26-21(27)17-6-2-3-7-18(17)23/h2-14H,1H3,(H2,25,26,27,28). The van der Waals surface area contributed by atoms with Crippen LogP contribution in [-0.4, -0.2) is 11.9 Å². The van der Waals surface area contributed by atoms with Crippen molar-refractivity contribution in [3.63, 3.8) is 0 Å². The van der Waals surface area contributed by atoms with Gasteiger partial charge in [0.2, 0.25) is 0 Å². The maximum Gasteiger partial charge on any atom is 0.326 e. The van der Waals surface area contributed by atoms with Crippen LogP contribution >= 0.6 is 23.2 Å². The molecule has 3 aromatic carbocycles. The molecule has 0 aromatic heterocycles. The molecule has 7 heteroatoms. The molecular formula is C22H18Cl2N2O3. The lowest BCUT2D eigenvalue weighted by atomic mass is 10.1. The number of benzene rings is 3. The van der Waals surface area contributed by atoms with Crippen LogP contribution in [-0.2, 0) is 0 Å². The number of anilines is 1. The summed E-state index contributed by atoms with van der Waals surface area (Å²) in [5, 5.41) is 5.67. The lowest BCUT2D eigenvalue weighted by molar-refractivity contribution is 0.0967. The average molecular weight is 429 g/mol. The lowest BCUT2D eigenvalue weighted by Crippen LogP contribution is -2.34. The van der Waals surface area contributed by atoms with E-state index in [2.05, 4.69) is 10.6 Å². The topological polar surface area (TPSA) is 67.4 Å². The number of para-hydroxylation sites is 1. The zero-order chi connectivity index (χ0) is 20.8. The minimum Gasteiger partial charge on any atom is -0.484 e. The number of carbonyl (C=O) groups is 2. The summed E-state index contributed by atoms with van der Waals surface area (Å²) in [6.45, 7) is 1.90. The van der Waals surface area contributed by atoms with E-state index in [1.807, 2.05) is 31.2 Å². The molecule has 5 nitrogen and oxygen atoms in total. The summed E-state index contributed by atoms with van der Waals surface area (Å²) in [6.07, 6.45) is -0.237. The molecule has 3 rings (SSSR count). The summed E-state index contributed by atoms with van der Waals surface area (Å²) in [5.74, 6) is 0.0211. The first-order chi connectivity index (χ1) is 13.9. The van der Waals surface area contributed by atoms with Gasteiger partial charge < -0.3 is 10.1 Å². The van der Waals surface area contributed by atoms with Gasteiger partial charge in [0.25, 0.3) is 5.91 Å². The van der Waals surface area contributed by atoms with E-state index in [1.165, 1.54) is 0 Å². The molecule has 0 saturated carbocycles. The fourth-order valence-electron chi connectivity index (χ4n) is 2.61. The van der Waals surface area contributed by atoms with E-state index in [1.54, 1.807) is 48.5 Å². The quantitative estimate of drug-likeness (QED) is 0.515. The van der Waals surface area contributed by atoms with Gasteiger partial charge in [0, 0.05) is 5.69 Å². The normalized spacial score (nSPS) is 11.4. The molecule has 0 aliphatic carbocycles. The van der Waals surface area contributed by atoms with Crippen LogP contribution in [0.3, 0.4) is 0 Å². The summed E-state index contributed by atoms with van der Waals surface area (Å²) >= 11 is 12.1. The monoisotopic (exact) mass is 428 g/mol. The Labute approximate surface area is 178 Å². The van der Waals surface area contributed by atoms with E-state index >= 15 is 0 Å². The fourth-order valence-corrected chi connectivity index (χ4v) is 3.02. The molecule has 0 aliphatic rings. The van der Waals surface area contributed by atoms with Crippen molar-refractivity contribution in [2.24, 2.45) is 0 Å². The van der Waals surface area contributed by atoms with Crippen molar-refractivity contribution in [1.82, 2.24) is 5.32 Å². The predicted molar refractivity (Wildman–Crippen MR) is 115 cm³/mol. The predicted octanol–water partition coefficient (Wildman–Crippen LogP) is 6.10. The van der Waals surface area contributed by atoms with E-state index < -0.39 is 11.9 Å². The van der Waals surface area contributed by atoms with Gasteiger partial charge in [-0.05, 0) is 48.9 Å². The van der Waals surface area contributed by atoms with Crippen molar-refractivity contribution < 1.29 is 14.3 Å². The third-order valence-electron chi connectivity index (χ3n) is 4.12. The summed E-state index contributed by atoms with van der Waals surface area (Å²) in [7, 11) is 0. The van der Waals surface area contributed by atoms with E-state index in [0.29, 0.717) is 16.5 Å². The molecule has 0 saturated heterocycles. The average Bonchev–Trinajstić information content (AvgIpc) is 2.70. The number of halogens is 2. The van der Waals surface area contributed by atoms with Gasteiger partial charge in [0.15, 0.2) is 0 Å². The molecule has 1 unspecified atom stereocenters. The number of rotatable bonds is 5. The van der Waals surface area contributed by atoms with Gasteiger partial charge in [-0.1, -0.05) is 59.6 Å². The van der Waals surface area contributed by atoms with E-state index in [4.69, 9.17) is 27.9 Å². The minimum atomic E-state index is -0.650. The van der Waals surface area contributed by atoms with Gasteiger partial charge in [-0.15, -0.1) is 0 Å². The van der Waals surface area contributed by atoms with Gasteiger partial charge in [0.1, 0.15) is 11.9 Å².